The molecule has 1 aliphatic rings. The molecule has 21 heavy (non-hydrogen) atoms. The fourth-order valence-corrected chi connectivity index (χ4v) is 4.22. The smallest absolute Gasteiger partial charge is 0.243 e. The van der Waals surface area contributed by atoms with E-state index in [9.17, 15) is 8.42 Å². The maximum absolute atomic E-state index is 12.7. The van der Waals surface area contributed by atoms with Gasteiger partial charge in [0.25, 0.3) is 0 Å². The molecular formula is C16H26N2O2S. The van der Waals surface area contributed by atoms with Gasteiger partial charge in [-0.05, 0) is 56.0 Å². The lowest BCUT2D eigenvalue weighted by molar-refractivity contribution is 0.296. The number of hydrogen-bond acceptors (Lipinski definition) is 3. The monoisotopic (exact) mass is 310 g/mol. The second kappa shape index (κ2) is 6.90. The highest BCUT2D eigenvalue weighted by Crippen LogP contribution is 2.21. The predicted octanol–water partition coefficient (Wildman–Crippen LogP) is 2.26. The maximum atomic E-state index is 12.7. The summed E-state index contributed by atoms with van der Waals surface area (Å²) in [5, 5.41) is 3.26. The molecule has 4 nitrogen and oxygen atoms in total. The Kier molecular flexibility index (Phi) is 5.41. The molecule has 0 radical (unpaired) electrons. The summed E-state index contributed by atoms with van der Waals surface area (Å²) in [6.07, 6.45) is 2.73. The van der Waals surface area contributed by atoms with E-state index in [1.165, 1.54) is 5.56 Å². The van der Waals surface area contributed by atoms with Gasteiger partial charge in [-0.2, -0.15) is 4.31 Å². The average Bonchev–Trinajstić information content (AvgIpc) is 2.47. The Morgan fingerprint density at radius 2 is 1.76 bits per heavy atom. The molecule has 2 rings (SSSR count). The molecule has 0 unspecified atom stereocenters. The average molecular weight is 310 g/mol. The van der Waals surface area contributed by atoms with Crippen molar-refractivity contribution >= 4 is 10.0 Å². The fraction of sp³-hybridized carbons (Fsp3) is 0.625. The van der Waals surface area contributed by atoms with Crippen LogP contribution in [0.2, 0.25) is 0 Å². The second-order valence-corrected chi connectivity index (χ2v) is 8.24. The molecule has 0 atom stereocenters. The minimum Gasteiger partial charge on any atom is -0.317 e. The first kappa shape index (κ1) is 16.5. The number of sulfonamides is 1. The highest BCUT2D eigenvalue weighted by Gasteiger charge is 2.28. The minimum atomic E-state index is -3.38. The molecule has 1 aliphatic heterocycles. The van der Waals surface area contributed by atoms with Crippen LogP contribution in [0.4, 0.5) is 0 Å². The van der Waals surface area contributed by atoms with E-state index in [4.69, 9.17) is 0 Å². The quantitative estimate of drug-likeness (QED) is 0.907. The van der Waals surface area contributed by atoms with Gasteiger partial charge in [0.05, 0.1) is 4.90 Å². The molecule has 0 spiro atoms. The predicted molar refractivity (Wildman–Crippen MR) is 85.8 cm³/mol. The lowest BCUT2D eigenvalue weighted by Gasteiger charge is -2.30. The van der Waals surface area contributed by atoms with Crippen LogP contribution < -0.4 is 5.32 Å². The van der Waals surface area contributed by atoms with Gasteiger partial charge in [0.1, 0.15) is 0 Å². The number of benzene rings is 1. The van der Waals surface area contributed by atoms with Crippen LogP contribution in [-0.2, 0) is 16.4 Å². The van der Waals surface area contributed by atoms with Crippen molar-refractivity contribution in [2.45, 2.75) is 44.0 Å². The van der Waals surface area contributed by atoms with Crippen LogP contribution in [0.5, 0.6) is 0 Å². The summed E-state index contributed by atoms with van der Waals surface area (Å²) in [5.74, 6) is 0.574. The van der Waals surface area contributed by atoms with Gasteiger partial charge in [-0.25, -0.2) is 8.42 Å². The zero-order valence-electron chi connectivity index (χ0n) is 13.2. The first-order chi connectivity index (χ1) is 9.91. The second-order valence-electron chi connectivity index (χ2n) is 6.24. The van der Waals surface area contributed by atoms with Crippen LogP contribution >= 0.6 is 0 Å². The summed E-state index contributed by atoms with van der Waals surface area (Å²) in [6.45, 7) is 6.10. The van der Waals surface area contributed by atoms with Gasteiger partial charge in [0.15, 0.2) is 0 Å². The SMILES string of the molecule is CC(C)Cc1ccc(S(=O)(=O)N(C)C2CCNCC2)cc1. The molecule has 0 amide bonds. The van der Waals surface area contributed by atoms with Crippen LogP contribution in [0, 0.1) is 5.92 Å². The Bertz CT molecular complexity index is 546. The zero-order valence-corrected chi connectivity index (χ0v) is 14.0. The van der Waals surface area contributed by atoms with E-state index in [2.05, 4.69) is 19.2 Å². The number of nitrogens with zero attached hydrogens (tertiary/aromatic N) is 1. The van der Waals surface area contributed by atoms with Crippen molar-refractivity contribution in [1.29, 1.82) is 0 Å². The van der Waals surface area contributed by atoms with E-state index in [1.54, 1.807) is 23.5 Å². The highest BCUT2D eigenvalue weighted by atomic mass is 32.2. The Hall–Kier alpha value is -0.910. The minimum absolute atomic E-state index is 0.103. The van der Waals surface area contributed by atoms with E-state index < -0.39 is 10.0 Å². The lowest BCUT2D eigenvalue weighted by Crippen LogP contribution is -2.43. The molecule has 1 aromatic carbocycles. The molecule has 0 aliphatic carbocycles. The van der Waals surface area contributed by atoms with Crippen molar-refractivity contribution in [1.82, 2.24) is 9.62 Å². The first-order valence-corrected chi connectivity index (χ1v) is 9.13. The van der Waals surface area contributed by atoms with Gasteiger partial charge in [-0.3, -0.25) is 0 Å². The molecule has 1 heterocycles. The molecule has 1 N–H and O–H groups in total. The Morgan fingerprint density at radius 1 is 1.19 bits per heavy atom. The van der Waals surface area contributed by atoms with E-state index in [1.807, 2.05) is 12.1 Å². The molecule has 1 fully saturated rings. The van der Waals surface area contributed by atoms with Gasteiger partial charge < -0.3 is 5.32 Å². The molecule has 5 heteroatoms. The van der Waals surface area contributed by atoms with Crippen LogP contribution in [0.1, 0.15) is 32.3 Å². The van der Waals surface area contributed by atoms with Gasteiger partial charge >= 0.3 is 0 Å². The number of rotatable bonds is 5. The molecule has 0 aromatic heterocycles. The molecule has 0 saturated carbocycles. The Labute approximate surface area is 128 Å². The normalized spacial score (nSPS) is 17.6. The number of piperidine rings is 1. The maximum Gasteiger partial charge on any atom is 0.243 e. The molecular weight excluding hydrogens is 284 g/mol. The van der Waals surface area contributed by atoms with E-state index in [0.29, 0.717) is 10.8 Å². The summed E-state index contributed by atoms with van der Waals surface area (Å²) in [7, 11) is -1.68. The number of hydrogen-bond donors (Lipinski definition) is 1. The molecule has 118 valence electrons. The molecule has 0 bridgehead atoms. The van der Waals surface area contributed by atoms with Gasteiger partial charge in [-0.1, -0.05) is 26.0 Å². The largest absolute Gasteiger partial charge is 0.317 e. The Morgan fingerprint density at radius 3 is 2.29 bits per heavy atom. The van der Waals surface area contributed by atoms with Gasteiger partial charge in [-0.15, -0.1) is 0 Å². The molecule has 1 saturated heterocycles. The zero-order chi connectivity index (χ0) is 15.5. The third-order valence-corrected chi connectivity index (χ3v) is 5.99. The summed E-state index contributed by atoms with van der Waals surface area (Å²) in [5.41, 5.74) is 1.19. The van der Waals surface area contributed by atoms with Crippen LogP contribution in [0.15, 0.2) is 29.2 Å². The number of nitrogens with one attached hydrogen (secondary N) is 1. The summed E-state index contributed by atoms with van der Waals surface area (Å²) < 4.78 is 26.9. The van der Waals surface area contributed by atoms with E-state index in [0.717, 1.165) is 32.4 Å². The topological polar surface area (TPSA) is 49.4 Å². The fourth-order valence-electron chi connectivity index (χ4n) is 2.80. The van der Waals surface area contributed by atoms with Crippen molar-refractivity contribution in [3.8, 4) is 0 Å². The van der Waals surface area contributed by atoms with Gasteiger partial charge in [0, 0.05) is 13.1 Å². The van der Waals surface area contributed by atoms with Crippen molar-refractivity contribution in [3.05, 3.63) is 29.8 Å². The van der Waals surface area contributed by atoms with Crippen LogP contribution in [0.3, 0.4) is 0 Å². The lowest BCUT2D eigenvalue weighted by atomic mass is 10.0. The standard InChI is InChI=1S/C16H26N2O2S/c1-13(2)12-14-4-6-16(7-5-14)21(19,20)18(3)15-8-10-17-11-9-15/h4-7,13,15,17H,8-12H2,1-3H3. The molecule has 1 aromatic rings. The first-order valence-electron chi connectivity index (χ1n) is 7.69. The summed E-state index contributed by atoms with van der Waals surface area (Å²) >= 11 is 0. The highest BCUT2D eigenvalue weighted by molar-refractivity contribution is 7.89. The van der Waals surface area contributed by atoms with Crippen molar-refractivity contribution in [2.24, 2.45) is 5.92 Å². The van der Waals surface area contributed by atoms with E-state index >= 15 is 0 Å². The van der Waals surface area contributed by atoms with E-state index in [-0.39, 0.29) is 6.04 Å². The third kappa shape index (κ3) is 4.05. The van der Waals surface area contributed by atoms with Crippen LogP contribution in [0.25, 0.3) is 0 Å². The van der Waals surface area contributed by atoms with Crippen LogP contribution in [-0.4, -0.2) is 38.9 Å². The third-order valence-electron chi connectivity index (χ3n) is 4.07. The summed E-state index contributed by atoms with van der Waals surface area (Å²) in [6, 6.07) is 7.45. The van der Waals surface area contributed by atoms with Crippen molar-refractivity contribution < 1.29 is 8.42 Å². The van der Waals surface area contributed by atoms with Crippen molar-refractivity contribution in [2.75, 3.05) is 20.1 Å². The summed E-state index contributed by atoms with van der Waals surface area (Å²) in [4.78, 5) is 0.399. The van der Waals surface area contributed by atoms with Gasteiger partial charge in [0.2, 0.25) is 10.0 Å². The van der Waals surface area contributed by atoms with Crippen molar-refractivity contribution in [3.63, 3.8) is 0 Å². The Balaban J connectivity index is 2.14.